The van der Waals surface area contributed by atoms with Gasteiger partial charge in [0.1, 0.15) is 11.5 Å². The van der Waals surface area contributed by atoms with Crippen LogP contribution in [0.5, 0.6) is 0 Å². The van der Waals surface area contributed by atoms with Crippen molar-refractivity contribution in [1.82, 2.24) is 20.1 Å². The van der Waals surface area contributed by atoms with E-state index in [1.807, 2.05) is 48.9 Å². The van der Waals surface area contributed by atoms with Crippen LogP contribution in [0.4, 0.5) is 5.82 Å². The Morgan fingerprint density at radius 1 is 1.25 bits per heavy atom. The molecule has 4 heterocycles. The van der Waals surface area contributed by atoms with Crippen molar-refractivity contribution in [2.24, 2.45) is 0 Å². The smallest absolute Gasteiger partial charge is 0.235 e. The van der Waals surface area contributed by atoms with Crippen LogP contribution >= 0.6 is 0 Å². The minimum absolute atomic E-state index is 0.0189. The fourth-order valence-electron chi connectivity index (χ4n) is 4.50. The van der Waals surface area contributed by atoms with Gasteiger partial charge in [-0.05, 0) is 38.9 Å². The first kappa shape index (κ1) is 17.3. The molecule has 1 unspecified atom stereocenters. The van der Waals surface area contributed by atoms with Gasteiger partial charge >= 0.3 is 0 Å². The van der Waals surface area contributed by atoms with E-state index in [-0.39, 0.29) is 12.5 Å². The summed E-state index contributed by atoms with van der Waals surface area (Å²) in [6.07, 6.45) is 2.52. The highest BCUT2D eigenvalue weighted by Gasteiger charge is 2.43. The standard InChI is InChI=1S/C21H23N5O2/c1-20(2)16-14(7-9-23-18(16)24-19(20)28)17-13-5-3-4-6-15(13)26(25-17)21(12-27)8-10-22-11-21/h3-7,9,22,27H,8,10-12H2,1-2H3,(H,23,24,28). The highest BCUT2D eigenvalue weighted by atomic mass is 16.3. The number of amides is 1. The van der Waals surface area contributed by atoms with Crippen LogP contribution in [-0.2, 0) is 15.7 Å². The molecule has 3 N–H and O–H groups in total. The second-order valence-corrected chi connectivity index (χ2v) is 8.25. The van der Waals surface area contributed by atoms with Gasteiger partial charge in [-0.25, -0.2) is 4.98 Å². The fraction of sp³-hybridized carbons (Fsp3) is 0.381. The van der Waals surface area contributed by atoms with Crippen LogP contribution in [0.2, 0.25) is 0 Å². The number of aliphatic hydroxyl groups is 1. The molecular formula is C21H23N5O2. The van der Waals surface area contributed by atoms with Crippen molar-refractivity contribution < 1.29 is 9.90 Å². The third-order valence-electron chi connectivity index (χ3n) is 6.18. The van der Waals surface area contributed by atoms with Crippen LogP contribution < -0.4 is 10.6 Å². The summed E-state index contributed by atoms with van der Waals surface area (Å²) in [5.41, 5.74) is 2.43. The second-order valence-electron chi connectivity index (χ2n) is 8.25. The zero-order valence-corrected chi connectivity index (χ0v) is 16.0. The van der Waals surface area contributed by atoms with E-state index in [1.165, 1.54) is 0 Å². The number of fused-ring (bicyclic) bond motifs is 2. The van der Waals surface area contributed by atoms with Crippen LogP contribution in [0, 0.1) is 0 Å². The summed E-state index contributed by atoms with van der Waals surface area (Å²) >= 11 is 0. The number of carbonyl (C=O) groups is 1. The van der Waals surface area contributed by atoms with Crippen LogP contribution in [0.15, 0.2) is 36.5 Å². The Morgan fingerprint density at radius 3 is 2.82 bits per heavy atom. The maximum Gasteiger partial charge on any atom is 0.235 e. The first-order valence-electron chi connectivity index (χ1n) is 9.59. The molecule has 0 saturated carbocycles. The van der Waals surface area contributed by atoms with E-state index in [9.17, 15) is 9.90 Å². The molecule has 144 valence electrons. The summed E-state index contributed by atoms with van der Waals surface area (Å²) in [5, 5.41) is 22.5. The lowest BCUT2D eigenvalue weighted by Gasteiger charge is -2.27. The van der Waals surface area contributed by atoms with Crippen molar-refractivity contribution in [1.29, 1.82) is 0 Å². The molecule has 5 rings (SSSR count). The molecule has 2 aromatic heterocycles. The second kappa shape index (κ2) is 5.86. The summed E-state index contributed by atoms with van der Waals surface area (Å²) in [4.78, 5) is 16.9. The van der Waals surface area contributed by atoms with E-state index >= 15 is 0 Å². The van der Waals surface area contributed by atoms with Crippen LogP contribution in [0.3, 0.4) is 0 Å². The zero-order chi connectivity index (χ0) is 19.5. The largest absolute Gasteiger partial charge is 0.394 e. The zero-order valence-electron chi connectivity index (χ0n) is 16.0. The molecule has 1 atom stereocenters. The highest BCUT2D eigenvalue weighted by molar-refractivity contribution is 6.08. The van der Waals surface area contributed by atoms with E-state index in [4.69, 9.17) is 5.10 Å². The van der Waals surface area contributed by atoms with Gasteiger partial charge in [0.25, 0.3) is 0 Å². The van der Waals surface area contributed by atoms with Crippen molar-refractivity contribution in [3.8, 4) is 11.3 Å². The van der Waals surface area contributed by atoms with Gasteiger partial charge in [-0.3, -0.25) is 9.48 Å². The minimum atomic E-state index is -0.687. The maximum absolute atomic E-state index is 12.5. The first-order valence-corrected chi connectivity index (χ1v) is 9.59. The van der Waals surface area contributed by atoms with Gasteiger partial charge in [0.2, 0.25) is 5.91 Å². The number of nitrogens with one attached hydrogen (secondary N) is 2. The Kier molecular flexibility index (Phi) is 3.63. The summed E-state index contributed by atoms with van der Waals surface area (Å²) < 4.78 is 1.97. The van der Waals surface area contributed by atoms with Crippen LogP contribution in [0.1, 0.15) is 25.8 Å². The molecule has 1 amide bonds. The molecule has 1 saturated heterocycles. The summed E-state index contributed by atoms with van der Waals surface area (Å²) in [7, 11) is 0. The van der Waals surface area contributed by atoms with Crippen LogP contribution in [0.25, 0.3) is 22.2 Å². The van der Waals surface area contributed by atoms with Crippen molar-refractivity contribution >= 4 is 22.6 Å². The van der Waals surface area contributed by atoms with Gasteiger partial charge < -0.3 is 15.7 Å². The normalized spacial score (nSPS) is 23.2. The number of carbonyl (C=O) groups excluding carboxylic acids is 1. The number of nitrogens with zero attached hydrogens (tertiary/aromatic N) is 3. The minimum Gasteiger partial charge on any atom is -0.394 e. The summed E-state index contributed by atoms with van der Waals surface area (Å²) in [6.45, 7) is 5.36. The lowest BCUT2D eigenvalue weighted by atomic mass is 9.83. The number of aromatic nitrogens is 3. The monoisotopic (exact) mass is 377 g/mol. The lowest BCUT2D eigenvalue weighted by molar-refractivity contribution is -0.119. The number of anilines is 1. The van der Waals surface area contributed by atoms with Gasteiger partial charge in [0, 0.05) is 29.3 Å². The number of benzene rings is 1. The third kappa shape index (κ3) is 2.20. The fourth-order valence-corrected chi connectivity index (χ4v) is 4.50. The number of pyridine rings is 1. The molecule has 7 nitrogen and oxygen atoms in total. The molecule has 2 aliphatic rings. The Bertz CT molecular complexity index is 1100. The van der Waals surface area contributed by atoms with Gasteiger partial charge in [-0.1, -0.05) is 18.2 Å². The average Bonchev–Trinajstić information content (AvgIpc) is 3.38. The molecule has 28 heavy (non-hydrogen) atoms. The van der Waals surface area contributed by atoms with E-state index in [1.54, 1.807) is 6.20 Å². The molecule has 0 aliphatic carbocycles. The van der Waals surface area contributed by atoms with E-state index < -0.39 is 11.0 Å². The molecule has 3 aromatic rings. The summed E-state index contributed by atoms with van der Waals surface area (Å²) in [6, 6.07) is 10.00. The molecule has 0 radical (unpaired) electrons. The van der Waals surface area contributed by atoms with Gasteiger partial charge in [0.15, 0.2) is 0 Å². The molecule has 0 spiro atoms. The number of hydrogen-bond donors (Lipinski definition) is 3. The maximum atomic E-state index is 12.5. The average molecular weight is 377 g/mol. The quantitative estimate of drug-likeness (QED) is 0.649. The van der Waals surface area contributed by atoms with Crippen LogP contribution in [-0.4, -0.2) is 45.5 Å². The third-order valence-corrected chi connectivity index (χ3v) is 6.18. The van der Waals surface area contributed by atoms with E-state index in [2.05, 4.69) is 15.6 Å². The number of para-hydroxylation sites is 1. The molecule has 1 fully saturated rings. The van der Waals surface area contributed by atoms with Crippen molar-refractivity contribution in [3.05, 3.63) is 42.1 Å². The van der Waals surface area contributed by atoms with Crippen molar-refractivity contribution in [2.75, 3.05) is 25.0 Å². The Labute approximate surface area is 162 Å². The molecule has 1 aromatic carbocycles. The molecule has 7 heteroatoms. The Balaban J connectivity index is 1.80. The van der Waals surface area contributed by atoms with Gasteiger partial charge in [-0.15, -0.1) is 0 Å². The summed E-state index contributed by atoms with van der Waals surface area (Å²) in [5.74, 6) is 0.545. The van der Waals surface area contributed by atoms with E-state index in [0.29, 0.717) is 12.4 Å². The molecule has 2 aliphatic heterocycles. The first-order chi connectivity index (χ1) is 13.5. The highest BCUT2D eigenvalue weighted by Crippen LogP contribution is 2.44. The van der Waals surface area contributed by atoms with Gasteiger partial charge in [0.05, 0.1) is 23.1 Å². The lowest BCUT2D eigenvalue weighted by Crippen LogP contribution is -2.40. The van der Waals surface area contributed by atoms with Crippen molar-refractivity contribution in [2.45, 2.75) is 31.2 Å². The predicted octanol–water partition coefficient (Wildman–Crippen LogP) is 2.01. The molecule has 0 bridgehead atoms. The molecular weight excluding hydrogens is 354 g/mol. The number of aliphatic hydroxyl groups excluding tert-OH is 1. The topological polar surface area (TPSA) is 92.1 Å². The predicted molar refractivity (Wildman–Crippen MR) is 107 cm³/mol. The number of rotatable bonds is 3. The SMILES string of the molecule is CC1(C)C(=O)Nc2nccc(-c3nn(C4(CO)CCNC4)c4ccccc34)c21. The van der Waals surface area contributed by atoms with Crippen molar-refractivity contribution in [3.63, 3.8) is 0 Å². The van der Waals surface area contributed by atoms with E-state index in [0.717, 1.165) is 40.7 Å². The van der Waals surface area contributed by atoms with Gasteiger partial charge in [-0.2, -0.15) is 5.10 Å². The Morgan fingerprint density at radius 2 is 2.07 bits per heavy atom. The number of hydrogen-bond acceptors (Lipinski definition) is 5. The Hall–Kier alpha value is -2.77.